The van der Waals surface area contributed by atoms with Gasteiger partial charge in [-0.3, -0.25) is 5.43 Å². The Labute approximate surface area is 102 Å². The number of aromatic nitrogens is 2. The first-order chi connectivity index (χ1) is 8.11. The Bertz CT molecular complexity index is 390. The van der Waals surface area contributed by atoms with Gasteiger partial charge in [0.15, 0.2) is 0 Å². The normalized spacial score (nSPS) is 20.1. The van der Waals surface area contributed by atoms with Gasteiger partial charge in [0.2, 0.25) is 5.95 Å². The third-order valence-corrected chi connectivity index (χ3v) is 3.54. The second-order valence-corrected chi connectivity index (χ2v) is 5.08. The molecular weight excluding hydrogens is 214 g/mol. The average molecular weight is 235 g/mol. The minimum absolute atomic E-state index is 0.485. The zero-order chi connectivity index (χ0) is 12.4. The number of nitrogen functional groups attached to an aromatic ring is 1. The fraction of sp³-hybridized carbons (Fsp3) is 0.667. The Hall–Kier alpha value is -1.36. The summed E-state index contributed by atoms with van der Waals surface area (Å²) in [6.07, 6.45) is 3.06. The van der Waals surface area contributed by atoms with Crippen LogP contribution in [0.4, 0.5) is 11.8 Å². The molecule has 1 fully saturated rings. The maximum absolute atomic E-state index is 5.35. The quantitative estimate of drug-likeness (QED) is 0.614. The summed E-state index contributed by atoms with van der Waals surface area (Å²) in [6.45, 7) is 8.77. The maximum atomic E-state index is 5.35. The zero-order valence-electron chi connectivity index (χ0n) is 10.8. The van der Waals surface area contributed by atoms with Gasteiger partial charge in [-0.25, -0.2) is 10.8 Å². The van der Waals surface area contributed by atoms with Crippen LogP contribution in [0.2, 0.25) is 0 Å². The van der Waals surface area contributed by atoms with Crippen molar-refractivity contribution >= 4 is 11.8 Å². The predicted octanol–water partition coefficient (Wildman–Crippen LogP) is 1.55. The van der Waals surface area contributed by atoms with Crippen molar-refractivity contribution in [2.45, 2.75) is 27.2 Å². The molecule has 3 N–H and O–H groups in total. The Balaban J connectivity index is 2.18. The molecule has 0 aromatic carbocycles. The molecule has 0 saturated carbocycles. The zero-order valence-corrected chi connectivity index (χ0v) is 10.8. The lowest BCUT2D eigenvalue weighted by atomic mass is 9.95. The SMILES string of the molecule is Cc1cnc(NN)nc1N1CCC(C(C)C)C1. The number of anilines is 2. The number of hydrogen-bond acceptors (Lipinski definition) is 5. The molecule has 0 amide bonds. The number of nitrogens with two attached hydrogens (primary N) is 1. The molecule has 17 heavy (non-hydrogen) atoms. The second-order valence-electron chi connectivity index (χ2n) is 5.08. The van der Waals surface area contributed by atoms with Crippen LogP contribution in [0.25, 0.3) is 0 Å². The lowest BCUT2D eigenvalue weighted by Crippen LogP contribution is -2.24. The first-order valence-electron chi connectivity index (χ1n) is 6.17. The van der Waals surface area contributed by atoms with Gasteiger partial charge < -0.3 is 4.90 Å². The van der Waals surface area contributed by atoms with Gasteiger partial charge >= 0.3 is 0 Å². The molecule has 0 spiro atoms. The highest BCUT2D eigenvalue weighted by molar-refractivity contribution is 5.49. The van der Waals surface area contributed by atoms with Crippen LogP contribution in [-0.4, -0.2) is 23.1 Å². The minimum atomic E-state index is 0.485. The lowest BCUT2D eigenvalue weighted by molar-refractivity contribution is 0.422. The van der Waals surface area contributed by atoms with E-state index < -0.39 is 0 Å². The van der Waals surface area contributed by atoms with E-state index in [0.29, 0.717) is 5.95 Å². The molecule has 0 bridgehead atoms. The molecule has 5 nitrogen and oxygen atoms in total. The number of rotatable bonds is 3. The second kappa shape index (κ2) is 4.87. The summed E-state index contributed by atoms with van der Waals surface area (Å²) in [5.74, 6) is 8.34. The van der Waals surface area contributed by atoms with Gasteiger partial charge in [0, 0.05) is 24.8 Å². The molecule has 2 heterocycles. The third-order valence-electron chi connectivity index (χ3n) is 3.54. The molecule has 1 aromatic heterocycles. The Morgan fingerprint density at radius 2 is 2.29 bits per heavy atom. The topological polar surface area (TPSA) is 67.1 Å². The highest BCUT2D eigenvalue weighted by Crippen LogP contribution is 2.29. The first kappa shape index (κ1) is 12.1. The summed E-state index contributed by atoms with van der Waals surface area (Å²) < 4.78 is 0. The van der Waals surface area contributed by atoms with E-state index in [0.717, 1.165) is 36.3 Å². The van der Waals surface area contributed by atoms with Crippen LogP contribution in [0.1, 0.15) is 25.8 Å². The number of hydrogen-bond donors (Lipinski definition) is 2. The van der Waals surface area contributed by atoms with E-state index >= 15 is 0 Å². The fourth-order valence-electron chi connectivity index (χ4n) is 2.35. The van der Waals surface area contributed by atoms with Gasteiger partial charge in [-0.05, 0) is 25.2 Å². The largest absolute Gasteiger partial charge is 0.356 e. The predicted molar refractivity (Wildman–Crippen MR) is 69.7 cm³/mol. The minimum Gasteiger partial charge on any atom is -0.356 e. The van der Waals surface area contributed by atoms with Crippen LogP contribution in [0.15, 0.2) is 6.20 Å². The third kappa shape index (κ3) is 2.49. The van der Waals surface area contributed by atoms with Crippen LogP contribution >= 0.6 is 0 Å². The van der Waals surface area contributed by atoms with Crippen molar-refractivity contribution in [3.63, 3.8) is 0 Å². The summed E-state index contributed by atoms with van der Waals surface area (Å²) in [5.41, 5.74) is 3.61. The molecule has 5 heteroatoms. The van der Waals surface area contributed by atoms with E-state index in [1.807, 2.05) is 13.1 Å². The monoisotopic (exact) mass is 235 g/mol. The molecule has 1 atom stereocenters. The van der Waals surface area contributed by atoms with Crippen LogP contribution in [0.3, 0.4) is 0 Å². The molecule has 1 saturated heterocycles. The Morgan fingerprint density at radius 1 is 1.53 bits per heavy atom. The van der Waals surface area contributed by atoms with Crippen molar-refractivity contribution in [2.75, 3.05) is 23.4 Å². The van der Waals surface area contributed by atoms with E-state index in [1.165, 1.54) is 6.42 Å². The van der Waals surface area contributed by atoms with Crippen LogP contribution in [-0.2, 0) is 0 Å². The number of nitrogens with one attached hydrogen (secondary N) is 1. The van der Waals surface area contributed by atoms with Crippen LogP contribution < -0.4 is 16.2 Å². The summed E-state index contributed by atoms with van der Waals surface area (Å²) in [4.78, 5) is 10.9. The van der Waals surface area contributed by atoms with E-state index in [4.69, 9.17) is 5.84 Å². The summed E-state index contributed by atoms with van der Waals surface area (Å²) >= 11 is 0. The van der Waals surface area contributed by atoms with Crippen molar-refractivity contribution in [1.82, 2.24) is 9.97 Å². The smallest absolute Gasteiger partial charge is 0.239 e. The van der Waals surface area contributed by atoms with Crippen molar-refractivity contribution in [3.8, 4) is 0 Å². The molecule has 1 unspecified atom stereocenters. The van der Waals surface area contributed by atoms with Gasteiger partial charge in [0.05, 0.1) is 0 Å². The maximum Gasteiger partial charge on any atom is 0.239 e. The average Bonchev–Trinajstić information content (AvgIpc) is 2.79. The van der Waals surface area contributed by atoms with Crippen molar-refractivity contribution in [2.24, 2.45) is 17.7 Å². The number of nitrogens with zero attached hydrogens (tertiary/aromatic N) is 3. The highest BCUT2D eigenvalue weighted by atomic mass is 15.3. The van der Waals surface area contributed by atoms with Crippen molar-refractivity contribution in [1.29, 1.82) is 0 Å². The van der Waals surface area contributed by atoms with E-state index in [-0.39, 0.29) is 0 Å². The summed E-state index contributed by atoms with van der Waals surface area (Å²) in [6, 6.07) is 0. The molecular formula is C12H21N5. The molecule has 1 aromatic rings. The van der Waals surface area contributed by atoms with Gasteiger partial charge in [0.25, 0.3) is 0 Å². The van der Waals surface area contributed by atoms with E-state index in [9.17, 15) is 0 Å². The van der Waals surface area contributed by atoms with Gasteiger partial charge in [-0.1, -0.05) is 13.8 Å². The van der Waals surface area contributed by atoms with Crippen molar-refractivity contribution in [3.05, 3.63) is 11.8 Å². The van der Waals surface area contributed by atoms with Crippen molar-refractivity contribution < 1.29 is 0 Å². The van der Waals surface area contributed by atoms with Gasteiger partial charge in [-0.2, -0.15) is 4.98 Å². The Morgan fingerprint density at radius 3 is 2.88 bits per heavy atom. The fourth-order valence-corrected chi connectivity index (χ4v) is 2.35. The molecule has 1 aliphatic rings. The summed E-state index contributed by atoms with van der Waals surface area (Å²) in [7, 11) is 0. The number of aryl methyl sites for hydroxylation is 1. The highest BCUT2D eigenvalue weighted by Gasteiger charge is 2.26. The van der Waals surface area contributed by atoms with Crippen LogP contribution in [0.5, 0.6) is 0 Å². The van der Waals surface area contributed by atoms with Gasteiger partial charge in [-0.15, -0.1) is 0 Å². The lowest BCUT2D eigenvalue weighted by Gasteiger charge is -2.21. The summed E-state index contributed by atoms with van der Waals surface area (Å²) in [5, 5.41) is 0. The van der Waals surface area contributed by atoms with Gasteiger partial charge in [0.1, 0.15) is 5.82 Å². The van der Waals surface area contributed by atoms with E-state index in [2.05, 4.69) is 34.1 Å². The molecule has 2 rings (SSSR count). The molecule has 0 aliphatic carbocycles. The standard InChI is InChI=1S/C12H21N5/c1-8(2)10-4-5-17(7-10)11-9(3)6-14-12(15-11)16-13/h6,8,10H,4-5,7,13H2,1-3H3,(H,14,15,16). The van der Waals surface area contributed by atoms with Crippen LogP contribution in [0, 0.1) is 18.8 Å². The Kier molecular flexibility index (Phi) is 3.47. The molecule has 1 aliphatic heterocycles. The number of hydrazine groups is 1. The molecule has 0 radical (unpaired) electrons. The van der Waals surface area contributed by atoms with E-state index in [1.54, 1.807) is 0 Å². The first-order valence-corrected chi connectivity index (χ1v) is 6.17. The molecule has 94 valence electrons.